The topological polar surface area (TPSA) is 78.4 Å². The molecule has 0 radical (unpaired) electrons. The van der Waals surface area contributed by atoms with Gasteiger partial charge in [0.1, 0.15) is 0 Å². The van der Waals surface area contributed by atoms with E-state index in [9.17, 15) is 9.59 Å². The fraction of sp³-hybridized carbons (Fsp3) is 0.333. The first kappa shape index (κ1) is 13.0. The van der Waals surface area contributed by atoms with Gasteiger partial charge in [-0.25, -0.2) is 4.79 Å². The SMILES string of the molecule is CNC(=O)CCNc1ccc(C(=O)O)cc1C. The van der Waals surface area contributed by atoms with Gasteiger partial charge in [0.25, 0.3) is 0 Å². The van der Waals surface area contributed by atoms with E-state index in [1.54, 1.807) is 19.2 Å². The second-order valence-corrected chi connectivity index (χ2v) is 3.68. The molecule has 0 unspecified atom stereocenters. The third-order valence-electron chi connectivity index (χ3n) is 2.42. The second kappa shape index (κ2) is 5.89. The zero-order valence-corrected chi connectivity index (χ0v) is 9.91. The quantitative estimate of drug-likeness (QED) is 0.718. The summed E-state index contributed by atoms with van der Waals surface area (Å²) in [6, 6.07) is 4.85. The molecule has 0 atom stereocenters. The summed E-state index contributed by atoms with van der Waals surface area (Å²) in [6.45, 7) is 2.35. The molecule has 0 aliphatic heterocycles. The Bertz CT molecular complexity index is 430. The predicted octanol–water partition coefficient (Wildman–Crippen LogP) is 1.24. The third-order valence-corrected chi connectivity index (χ3v) is 2.42. The van der Waals surface area contributed by atoms with E-state index in [1.807, 2.05) is 6.92 Å². The molecule has 0 aliphatic carbocycles. The van der Waals surface area contributed by atoms with E-state index in [0.29, 0.717) is 13.0 Å². The number of carboxylic acids is 1. The fourth-order valence-corrected chi connectivity index (χ4v) is 1.43. The van der Waals surface area contributed by atoms with Crippen molar-refractivity contribution in [1.82, 2.24) is 5.32 Å². The minimum atomic E-state index is -0.940. The Morgan fingerprint density at radius 3 is 2.59 bits per heavy atom. The molecule has 0 spiro atoms. The number of aromatic carboxylic acids is 1. The zero-order chi connectivity index (χ0) is 12.8. The van der Waals surface area contributed by atoms with Gasteiger partial charge in [0.05, 0.1) is 5.56 Å². The normalized spacial score (nSPS) is 9.76. The van der Waals surface area contributed by atoms with Gasteiger partial charge in [-0.05, 0) is 30.7 Å². The van der Waals surface area contributed by atoms with Crippen LogP contribution in [0.5, 0.6) is 0 Å². The number of amides is 1. The average Bonchev–Trinajstić information content (AvgIpc) is 2.30. The van der Waals surface area contributed by atoms with Crippen molar-refractivity contribution in [1.29, 1.82) is 0 Å². The van der Waals surface area contributed by atoms with Crippen LogP contribution in [0.3, 0.4) is 0 Å². The highest BCUT2D eigenvalue weighted by Crippen LogP contribution is 2.16. The maximum atomic E-state index is 11.0. The molecule has 92 valence electrons. The van der Waals surface area contributed by atoms with Gasteiger partial charge in [0.15, 0.2) is 0 Å². The van der Waals surface area contributed by atoms with Gasteiger partial charge in [-0.1, -0.05) is 0 Å². The van der Waals surface area contributed by atoms with E-state index in [4.69, 9.17) is 5.11 Å². The Labute approximate surface area is 99.8 Å². The largest absolute Gasteiger partial charge is 0.478 e. The monoisotopic (exact) mass is 236 g/mol. The lowest BCUT2D eigenvalue weighted by Crippen LogP contribution is -2.21. The average molecular weight is 236 g/mol. The molecule has 1 rings (SSSR count). The summed E-state index contributed by atoms with van der Waals surface area (Å²) in [5.74, 6) is -0.970. The molecule has 5 heteroatoms. The van der Waals surface area contributed by atoms with Gasteiger partial charge in [-0.2, -0.15) is 0 Å². The number of anilines is 1. The lowest BCUT2D eigenvalue weighted by Gasteiger charge is -2.09. The van der Waals surface area contributed by atoms with Crippen molar-refractivity contribution in [2.24, 2.45) is 0 Å². The molecule has 0 bridgehead atoms. The van der Waals surface area contributed by atoms with Crippen molar-refractivity contribution in [2.45, 2.75) is 13.3 Å². The summed E-state index contributed by atoms with van der Waals surface area (Å²) in [6.07, 6.45) is 0.386. The highest BCUT2D eigenvalue weighted by atomic mass is 16.4. The predicted molar refractivity (Wildman–Crippen MR) is 65.3 cm³/mol. The van der Waals surface area contributed by atoms with Crippen molar-refractivity contribution in [3.63, 3.8) is 0 Å². The number of carboxylic acid groups (broad SMARTS) is 1. The molecule has 0 aliphatic rings. The van der Waals surface area contributed by atoms with Crippen LogP contribution in [0.15, 0.2) is 18.2 Å². The Morgan fingerprint density at radius 2 is 2.06 bits per heavy atom. The summed E-state index contributed by atoms with van der Waals surface area (Å²) in [5.41, 5.74) is 1.96. The van der Waals surface area contributed by atoms with Crippen LogP contribution in [0, 0.1) is 6.92 Å². The van der Waals surface area contributed by atoms with E-state index in [-0.39, 0.29) is 11.5 Å². The molecule has 0 aromatic heterocycles. The number of carbonyl (C=O) groups excluding carboxylic acids is 1. The number of rotatable bonds is 5. The van der Waals surface area contributed by atoms with Gasteiger partial charge < -0.3 is 15.7 Å². The third kappa shape index (κ3) is 3.79. The van der Waals surface area contributed by atoms with Crippen molar-refractivity contribution >= 4 is 17.6 Å². The molecule has 0 saturated carbocycles. The summed E-state index contributed by atoms with van der Waals surface area (Å²) in [7, 11) is 1.59. The van der Waals surface area contributed by atoms with E-state index in [2.05, 4.69) is 10.6 Å². The standard InChI is InChI=1S/C12H16N2O3/c1-8-7-9(12(16)17)3-4-10(8)14-6-5-11(15)13-2/h3-4,7,14H,5-6H2,1-2H3,(H,13,15)(H,16,17). The number of benzene rings is 1. The van der Waals surface area contributed by atoms with Crippen LogP contribution >= 0.6 is 0 Å². The maximum Gasteiger partial charge on any atom is 0.335 e. The first-order valence-corrected chi connectivity index (χ1v) is 5.33. The van der Waals surface area contributed by atoms with Crippen molar-refractivity contribution in [3.8, 4) is 0 Å². The molecule has 0 fully saturated rings. The molecular formula is C12H16N2O3. The van der Waals surface area contributed by atoms with Crippen LogP contribution in [0.1, 0.15) is 22.3 Å². The molecule has 1 aromatic carbocycles. The van der Waals surface area contributed by atoms with Gasteiger partial charge in [0, 0.05) is 25.7 Å². The zero-order valence-electron chi connectivity index (χ0n) is 9.91. The molecular weight excluding hydrogens is 220 g/mol. The Morgan fingerprint density at radius 1 is 1.35 bits per heavy atom. The Balaban J connectivity index is 2.60. The van der Waals surface area contributed by atoms with Crippen LogP contribution in [-0.2, 0) is 4.79 Å². The molecule has 1 aromatic rings. The first-order valence-electron chi connectivity index (χ1n) is 5.33. The van der Waals surface area contributed by atoms with Crippen molar-refractivity contribution < 1.29 is 14.7 Å². The fourth-order valence-electron chi connectivity index (χ4n) is 1.43. The highest BCUT2D eigenvalue weighted by molar-refractivity contribution is 5.88. The molecule has 5 nitrogen and oxygen atoms in total. The van der Waals surface area contributed by atoms with Crippen molar-refractivity contribution in [2.75, 3.05) is 18.9 Å². The number of hydrogen-bond donors (Lipinski definition) is 3. The smallest absolute Gasteiger partial charge is 0.335 e. The molecule has 1 amide bonds. The number of aryl methyl sites for hydroxylation is 1. The molecule has 0 heterocycles. The first-order chi connectivity index (χ1) is 8.04. The molecule has 0 saturated heterocycles. The molecule has 17 heavy (non-hydrogen) atoms. The van der Waals surface area contributed by atoms with Gasteiger partial charge in [-0.3, -0.25) is 4.79 Å². The van der Waals surface area contributed by atoms with Crippen LogP contribution < -0.4 is 10.6 Å². The number of nitrogens with one attached hydrogen (secondary N) is 2. The van der Waals surface area contributed by atoms with Gasteiger partial charge in [-0.15, -0.1) is 0 Å². The van der Waals surface area contributed by atoms with Gasteiger partial charge >= 0.3 is 5.97 Å². The van der Waals surface area contributed by atoms with Crippen molar-refractivity contribution in [3.05, 3.63) is 29.3 Å². The number of hydrogen-bond acceptors (Lipinski definition) is 3. The lowest BCUT2D eigenvalue weighted by molar-refractivity contribution is -0.120. The summed E-state index contributed by atoms with van der Waals surface area (Å²) in [5, 5.41) is 14.4. The second-order valence-electron chi connectivity index (χ2n) is 3.68. The van der Waals surface area contributed by atoms with E-state index in [0.717, 1.165) is 11.3 Å². The minimum Gasteiger partial charge on any atom is -0.478 e. The lowest BCUT2D eigenvalue weighted by atomic mass is 10.1. The molecule has 3 N–H and O–H groups in total. The maximum absolute atomic E-state index is 11.0. The van der Waals surface area contributed by atoms with E-state index < -0.39 is 5.97 Å². The summed E-state index contributed by atoms with van der Waals surface area (Å²) in [4.78, 5) is 21.7. The van der Waals surface area contributed by atoms with E-state index in [1.165, 1.54) is 6.07 Å². The summed E-state index contributed by atoms with van der Waals surface area (Å²) >= 11 is 0. The Hall–Kier alpha value is -2.04. The van der Waals surface area contributed by atoms with Crippen LogP contribution in [-0.4, -0.2) is 30.6 Å². The Kier molecular flexibility index (Phi) is 4.51. The van der Waals surface area contributed by atoms with Crippen LogP contribution in [0.2, 0.25) is 0 Å². The van der Waals surface area contributed by atoms with Gasteiger partial charge in [0.2, 0.25) is 5.91 Å². The minimum absolute atomic E-state index is 0.0303. The van der Waals surface area contributed by atoms with Crippen LogP contribution in [0.4, 0.5) is 5.69 Å². The number of carbonyl (C=O) groups is 2. The van der Waals surface area contributed by atoms with Crippen LogP contribution in [0.25, 0.3) is 0 Å². The van der Waals surface area contributed by atoms with E-state index >= 15 is 0 Å². The summed E-state index contributed by atoms with van der Waals surface area (Å²) < 4.78 is 0. The highest BCUT2D eigenvalue weighted by Gasteiger charge is 2.05.